The van der Waals surface area contributed by atoms with E-state index in [-0.39, 0.29) is 11.8 Å². The summed E-state index contributed by atoms with van der Waals surface area (Å²) < 4.78 is 0. The van der Waals surface area contributed by atoms with Gasteiger partial charge in [-0.1, -0.05) is 68.4 Å². The molecule has 122 valence electrons. The lowest BCUT2D eigenvalue weighted by molar-refractivity contribution is -0.131. The molecule has 1 amide bonds. The van der Waals surface area contributed by atoms with Crippen LogP contribution in [0.1, 0.15) is 42.4 Å². The molecule has 3 heteroatoms. The summed E-state index contributed by atoms with van der Waals surface area (Å²) in [6.07, 6.45) is 0. The SMILES string of the molecule is CC(C)c1ccc(CN(C)C(=O)C(CN)c2ccccc2)cc1. The molecule has 2 aromatic rings. The number of amides is 1. The molecule has 0 fully saturated rings. The molecule has 2 rings (SSSR count). The molecule has 0 saturated carbocycles. The van der Waals surface area contributed by atoms with Crippen molar-refractivity contribution in [2.45, 2.75) is 32.2 Å². The summed E-state index contributed by atoms with van der Waals surface area (Å²) in [5.74, 6) is 0.297. The zero-order valence-electron chi connectivity index (χ0n) is 14.2. The summed E-state index contributed by atoms with van der Waals surface area (Å²) >= 11 is 0. The van der Waals surface area contributed by atoms with Gasteiger partial charge in [0.15, 0.2) is 0 Å². The molecule has 0 radical (unpaired) electrons. The minimum absolute atomic E-state index is 0.0617. The molecule has 0 spiro atoms. The van der Waals surface area contributed by atoms with E-state index >= 15 is 0 Å². The number of nitrogens with zero attached hydrogens (tertiary/aromatic N) is 1. The van der Waals surface area contributed by atoms with Gasteiger partial charge >= 0.3 is 0 Å². The molecule has 0 saturated heterocycles. The first-order valence-corrected chi connectivity index (χ1v) is 8.11. The first-order chi connectivity index (χ1) is 11.0. The second-order valence-corrected chi connectivity index (χ2v) is 6.29. The Bertz CT molecular complexity index is 620. The van der Waals surface area contributed by atoms with Gasteiger partial charge < -0.3 is 10.6 Å². The maximum absolute atomic E-state index is 12.7. The van der Waals surface area contributed by atoms with E-state index in [9.17, 15) is 4.79 Å². The summed E-state index contributed by atoms with van der Waals surface area (Å²) in [6.45, 7) is 5.27. The second-order valence-electron chi connectivity index (χ2n) is 6.29. The predicted molar refractivity (Wildman–Crippen MR) is 95.2 cm³/mol. The fraction of sp³-hybridized carbons (Fsp3) is 0.350. The number of carbonyl (C=O) groups is 1. The van der Waals surface area contributed by atoms with Gasteiger partial charge in [-0.15, -0.1) is 0 Å². The Kier molecular flexibility index (Phi) is 5.94. The highest BCUT2D eigenvalue weighted by Crippen LogP contribution is 2.19. The smallest absolute Gasteiger partial charge is 0.231 e. The lowest BCUT2D eigenvalue weighted by atomic mass is 9.97. The van der Waals surface area contributed by atoms with Crippen molar-refractivity contribution in [1.82, 2.24) is 4.90 Å². The normalized spacial score (nSPS) is 12.2. The van der Waals surface area contributed by atoms with E-state index in [4.69, 9.17) is 5.73 Å². The van der Waals surface area contributed by atoms with Gasteiger partial charge in [-0.05, 0) is 22.6 Å². The molecule has 2 N–H and O–H groups in total. The van der Waals surface area contributed by atoms with Crippen molar-refractivity contribution >= 4 is 5.91 Å². The van der Waals surface area contributed by atoms with E-state index in [1.54, 1.807) is 4.90 Å². The van der Waals surface area contributed by atoms with Crippen LogP contribution in [-0.4, -0.2) is 24.4 Å². The lowest BCUT2D eigenvalue weighted by Gasteiger charge is -2.23. The third kappa shape index (κ3) is 4.42. The molecule has 0 bridgehead atoms. The average molecular weight is 310 g/mol. The topological polar surface area (TPSA) is 46.3 Å². The molecule has 2 aromatic carbocycles. The van der Waals surface area contributed by atoms with Crippen molar-refractivity contribution in [3.8, 4) is 0 Å². The fourth-order valence-corrected chi connectivity index (χ4v) is 2.69. The van der Waals surface area contributed by atoms with E-state index in [1.165, 1.54) is 5.56 Å². The zero-order chi connectivity index (χ0) is 16.8. The van der Waals surface area contributed by atoms with Crippen molar-refractivity contribution in [2.24, 2.45) is 5.73 Å². The van der Waals surface area contributed by atoms with Crippen LogP contribution in [0, 0.1) is 0 Å². The van der Waals surface area contributed by atoms with Crippen molar-refractivity contribution in [2.75, 3.05) is 13.6 Å². The highest BCUT2D eigenvalue weighted by atomic mass is 16.2. The Labute approximate surface area is 139 Å². The molecule has 1 unspecified atom stereocenters. The van der Waals surface area contributed by atoms with E-state index in [1.807, 2.05) is 37.4 Å². The van der Waals surface area contributed by atoms with Crippen LogP contribution < -0.4 is 5.73 Å². The van der Waals surface area contributed by atoms with E-state index in [2.05, 4.69) is 38.1 Å². The molecule has 0 heterocycles. The molecule has 0 aliphatic heterocycles. The fourth-order valence-electron chi connectivity index (χ4n) is 2.69. The van der Waals surface area contributed by atoms with Gasteiger partial charge in [-0.2, -0.15) is 0 Å². The Morgan fingerprint density at radius 3 is 2.13 bits per heavy atom. The maximum atomic E-state index is 12.7. The summed E-state index contributed by atoms with van der Waals surface area (Å²) in [4.78, 5) is 14.5. The standard InChI is InChI=1S/C20H26N2O/c1-15(2)17-11-9-16(10-12-17)14-22(3)20(23)19(13-21)18-7-5-4-6-8-18/h4-12,15,19H,13-14,21H2,1-3H3. The van der Waals surface area contributed by atoms with Crippen LogP contribution in [0.4, 0.5) is 0 Å². The van der Waals surface area contributed by atoms with Gasteiger partial charge in [-0.3, -0.25) is 4.79 Å². The molecular weight excluding hydrogens is 284 g/mol. The number of likely N-dealkylation sites (N-methyl/N-ethyl adjacent to an activating group) is 1. The summed E-state index contributed by atoms with van der Waals surface area (Å²) in [7, 11) is 1.84. The number of hydrogen-bond acceptors (Lipinski definition) is 2. The molecule has 0 aromatic heterocycles. The van der Waals surface area contributed by atoms with Gasteiger partial charge in [0.25, 0.3) is 0 Å². The zero-order valence-corrected chi connectivity index (χ0v) is 14.2. The van der Waals surface area contributed by atoms with Crippen molar-refractivity contribution < 1.29 is 4.79 Å². The van der Waals surface area contributed by atoms with Crippen molar-refractivity contribution in [1.29, 1.82) is 0 Å². The van der Waals surface area contributed by atoms with Gasteiger partial charge in [-0.25, -0.2) is 0 Å². The molecule has 3 nitrogen and oxygen atoms in total. The van der Waals surface area contributed by atoms with Crippen LogP contribution in [0.3, 0.4) is 0 Å². The van der Waals surface area contributed by atoms with Crippen molar-refractivity contribution in [3.05, 3.63) is 71.3 Å². The quantitative estimate of drug-likeness (QED) is 0.887. The van der Waals surface area contributed by atoms with Crippen LogP contribution in [0.5, 0.6) is 0 Å². The number of benzene rings is 2. The Morgan fingerprint density at radius 2 is 1.61 bits per heavy atom. The van der Waals surface area contributed by atoms with E-state index in [0.717, 1.165) is 11.1 Å². The minimum atomic E-state index is -0.281. The van der Waals surface area contributed by atoms with Crippen LogP contribution in [0.15, 0.2) is 54.6 Å². The Hall–Kier alpha value is -2.13. The van der Waals surface area contributed by atoms with Crippen LogP contribution in [0.25, 0.3) is 0 Å². The monoisotopic (exact) mass is 310 g/mol. The van der Waals surface area contributed by atoms with Gasteiger partial charge in [0, 0.05) is 20.1 Å². The van der Waals surface area contributed by atoms with E-state index < -0.39 is 0 Å². The summed E-state index contributed by atoms with van der Waals surface area (Å²) in [5.41, 5.74) is 9.26. The number of hydrogen-bond donors (Lipinski definition) is 1. The highest BCUT2D eigenvalue weighted by Gasteiger charge is 2.22. The average Bonchev–Trinajstić information content (AvgIpc) is 2.57. The Morgan fingerprint density at radius 1 is 1.00 bits per heavy atom. The van der Waals surface area contributed by atoms with E-state index in [0.29, 0.717) is 19.0 Å². The minimum Gasteiger partial charge on any atom is -0.341 e. The molecule has 1 atom stereocenters. The molecule has 0 aliphatic rings. The Balaban J connectivity index is 2.06. The molecule has 0 aliphatic carbocycles. The van der Waals surface area contributed by atoms with Gasteiger partial charge in [0.05, 0.1) is 5.92 Å². The first kappa shape index (κ1) is 17.2. The molecular formula is C20H26N2O. The van der Waals surface area contributed by atoms with Crippen molar-refractivity contribution in [3.63, 3.8) is 0 Å². The largest absolute Gasteiger partial charge is 0.341 e. The number of nitrogens with two attached hydrogens (primary N) is 1. The number of carbonyl (C=O) groups excluding carboxylic acids is 1. The molecule has 23 heavy (non-hydrogen) atoms. The third-order valence-electron chi connectivity index (χ3n) is 4.18. The van der Waals surface area contributed by atoms with Crippen LogP contribution >= 0.6 is 0 Å². The summed E-state index contributed by atoms with van der Waals surface area (Å²) in [5, 5.41) is 0. The number of rotatable bonds is 6. The predicted octanol–water partition coefficient (Wildman–Crippen LogP) is 3.51. The second kappa shape index (κ2) is 7.93. The van der Waals surface area contributed by atoms with Crippen LogP contribution in [0.2, 0.25) is 0 Å². The van der Waals surface area contributed by atoms with Crippen LogP contribution in [-0.2, 0) is 11.3 Å². The van der Waals surface area contributed by atoms with Gasteiger partial charge in [0.1, 0.15) is 0 Å². The summed E-state index contributed by atoms with van der Waals surface area (Å²) in [6, 6.07) is 18.2. The highest BCUT2D eigenvalue weighted by molar-refractivity contribution is 5.83. The third-order valence-corrected chi connectivity index (χ3v) is 4.18. The lowest BCUT2D eigenvalue weighted by Crippen LogP contribution is -2.34. The van der Waals surface area contributed by atoms with Gasteiger partial charge in [0.2, 0.25) is 5.91 Å². The maximum Gasteiger partial charge on any atom is 0.231 e. The first-order valence-electron chi connectivity index (χ1n) is 8.11.